The molecule has 2 N–H and O–H groups in total. The Bertz CT molecular complexity index is 714. The van der Waals surface area contributed by atoms with Gasteiger partial charge >= 0.3 is 6.03 Å². The molecular weight excluding hydrogens is 366 g/mol. The predicted octanol–water partition coefficient (Wildman–Crippen LogP) is 4.42. The van der Waals surface area contributed by atoms with E-state index in [1.807, 2.05) is 36.9 Å². The minimum atomic E-state index is -0.140. The number of benzene rings is 2. The summed E-state index contributed by atoms with van der Waals surface area (Å²) in [4.78, 5) is 14.8. The second-order valence-electron chi connectivity index (χ2n) is 7.42. The van der Waals surface area contributed by atoms with Crippen molar-refractivity contribution in [1.29, 1.82) is 0 Å². The monoisotopic (exact) mass is 397 g/mol. The molecule has 1 saturated heterocycles. The first kappa shape index (κ1) is 20.7. The molecule has 3 rings (SSSR count). The van der Waals surface area contributed by atoms with Crippen LogP contribution in [0.3, 0.4) is 0 Å². The molecule has 1 atom stereocenters. The molecule has 1 aliphatic heterocycles. The maximum Gasteiger partial charge on any atom is 0.319 e. The lowest BCUT2D eigenvalue weighted by atomic mass is 10.1. The number of anilines is 1. The van der Waals surface area contributed by atoms with Crippen molar-refractivity contribution in [2.24, 2.45) is 0 Å². The van der Waals surface area contributed by atoms with Gasteiger partial charge in [-0.3, -0.25) is 0 Å². The fourth-order valence-corrected chi connectivity index (χ4v) is 4.34. The van der Waals surface area contributed by atoms with Crippen molar-refractivity contribution in [2.45, 2.75) is 32.2 Å². The zero-order valence-electron chi connectivity index (χ0n) is 16.7. The minimum absolute atomic E-state index is 0.127. The summed E-state index contributed by atoms with van der Waals surface area (Å²) in [6.45, 7) is 5.57. The number of nitrogens with one attached hydrogen (secondary N) is 2. The van der Waals surface area contributed by atoms with Crippen LogP contribution in [0.5, 0.6) is 0 Å². The highest BCUT2D eigenvalue weighted by molar-refractivity contribution is 7.99. The Hall–Kier alpha value is -1.98. The van der Waals surface area contributed by atoms with Crippen LogP contribution in [0.1, 0.15) is 24.5 Å². The largest absolute Gasteiger partial charge is 0.335 e. The van der Waals surface area contributed by atoms with Gasteiger partial charge < -0.3 is 15.5 Å². The zero-order valence-corrected chi connectivity index (χ0v) is 17.5. The van der Waals surface area contributed by atoms with Crippen LogP contribution in [-0.2, 0) is 12.8 Å². The number of hydrogen-bond acceptors (Lipinski definition) is 3. The van der Waals surface area contributed by atoms with Crippen molar-refractivity contribution in [3.63, 3.8) is 0 Å². The molecule has 0 bridgehead atoms. The molecule has 2 aromatic rings. The molecule has 2 aromatic carbocycles. The number of urea groups is 1. The van der Waals surface area contributed by atoms with E-state index < -0.39 is 0 Å². The van der Waals surface area contributed by atoms with Crippen molar-refractivity contribution in [2.75, 3.05) is 36.5 Å². The van der Waals surface area contributed by atoms with Gasteiger partial charge in [0.15, 0.2) is 0 Å². The molecule has 0 spiro atoms. The van der Waals surface area contributed by atoms with E-state index in [-0.39, 0.29) is 12.1 Å². The maximum atomic E-state index is 12.2. The summed E-state index contributed by atoms with van der Waals surface area (Å²) in [5.74, 6) is 2.50. The molecule has 1 fully saturated rings. The quantitative estimate of drug-likeness (QED) is 0.693. The smallest absolute Gasteiger partial charge is 0.319 e. The maximum absolute atomic E-state index is 12.2. The normalized spacial score (nSPS) is 15.8. The third kappa shape index (κ3) is 7.21. The van der Waals surface area contributed by atoms with Gasteiger partial charge in [0.25, 0.3) is 0 Å². The zero-order chi connectivity index (χ0) is 19.6. The fourth-order valence-electron chi connectivity index (χ4n) is 3.36. The third-order valence-corrected chi connectivity index (χ3v) is 6.06. The number of amides is 2. The van der Waals surface area contributed by atoms with Crippen LogP contribution in [0.15, 0.2) is 54.6 Å². The van der Waals surface area contributed by atoms with Gasteiger partial charge in [0.1, 0.15) is 0 Å². The van der Waals surface area contributed by atoms with Crippen molar-refractivity contribution >= 4 is 23.5 Å². The molecule has 1 unspecified atom stereocenters. The van der Waals surface area contributed by atoms with Gasteiger partial charge in [0, 0.05) is 42.9 Å². The Morgan fingerprint density at radius 1 is 1.00 bits per heavy atom. The number of carbonyl (C=O) groups excluding carboxylic acids is 1. The Balaban J connectivity index is 1.37. The highest BCUT2D eigenvalue weighted by Crippen LogP contribution is 2.13. The summed E-state index contributed by atoms with van der Waals surface area (Å²) in [6, 6.07) is 18.6. The molecule has 0 aliphatic carbocycles. The van der Waals surface area contributed by atoms with Crippen LogP contribution in [-0.4, -0.2) is 48.1 Å². The van der Waals surface area contributed by atoms with Gasteiger partial charge in [0.05, 0.1) is 0 Å². The third-order valence-electron chi connectivity index (χ3n) is 5.12. The summed E-state index contributed by atoms with van der Waals surface area (Å²) in [5.41, 5.74) is 3.46. The van der Waals surface area contributed by atoms with Gasteiger partial charge in [0.2, 0.25) is 0 Å². The van der Waals surface area contributed by atoms with Crippen molar-refractivity contribution in [1.82, 2.24) is 10.2 Å². The van der Waals surface area contributed by atoms with E-state index in [0.29, 0.717) is 0 Å². The van der Waals surface area contributed by atoms with Crippen LogP contribution < -0.4 is 10.6 Å². The van der Waals surface area contributed by atoms with E-state index in [2.05, 4.69) is 51.9 Å². The Kier molecular flexibility index (Phi) is 8.24. The van der Waals surface area contributed by atoms with E-state index in [4.69, 9.17) is 0 Å². The molecule has 0 aromatic heterocycles. The average Bonchev–Trinajstić information content (AvgIpc) is 2.73. The first-order valence-electron chi connectivity index (χ1n) is 10.2. The van der Waals surface area contributed by atoms with E-state index in [1.54, 1.807) is 0 Å². The summed E-state index contributed by atoms with van der Waals surface area (Å²) >= 11 is 2.05. The second kappa shape index (κ2) is 11.1. The first-order valence-corrected chi connectivity index (χ1v) is 11.3. The van der Waals surface area contributed by atoms with Crippen LogP contribution >= 0.6 is 11.8 Å². The Morgan fingerprint density at radius 3 is 2.39 bits per heavy atom. The molecule has 4 nitrogen and oxygen atoms in total. The van der Waals surface area contributed by atoms with Gasteiger partial charge in [-0.1, -0.05) is 42.5 Å². The number of nitrogens with zero attached hydrogens (tertiary/aromatic N) is 1. The highest BCUT2D eigenvalue weighted by Gasteiger charge is 2.10. The molecule has 0 saturated carbocycles. The van der Waals surface area contributed by atoms with Crippen molar-refractivity contribution < 1.29 is 4.79 Å². The predicted molar refractivity (Wildman–Crippen MR) is 120 cm³/mol. The van der Waals surface area contributed by atoms with Gasteiger partial charge in [-0.25, -0.2) is 4.79 Å². The lowest BCUT2D eigenvalue weighted by Gasteiger charge is -2.26. The first-order chi connectivity index (χ1) is 13.7. The minimum Gasteiger partial charge on any atom is -0.335 e. The van der Waals surface area contributed by atoms with E-state index in [9.17, 15) is 4.79 Å². The number of rotatable bonds is 8. The van der Waals surface area contributed by atoms with Crippen LogP contribution in [0.25, 0.3) is 0 Å². The Morgan fingerprint density at radius 2 is 1.68 bits per heavy atom. The van der Waals surface area contributed by atoms with Gasteiger partial charge in [-0.2, -0.15) is 11.8 Å². The molecular formula is C23H31N3OS. The molecule has 150 valence electrons. The van der Waals surface area contributed by atoms with Gasteiger partial charge in [-0.15, -0.1) is 0 Å². The SMILES string of the molecule is CC(CCc1ccccc1)NC(=O)Nc1ccc(CCN2CCSCC2)cc1. The summed E-state index contributed by atoms with van der Waals surface area (Å²) in [6.07, 6.45) is 2.95. The lowest BCUT2D eigenvalue weighted by Crippen LogP contribution is -2.36. The number of thioether (sulfide) groups is 1. The van der Waals surface area contributed by atoms with Gasteiger partial charge in [-0.05, 0) is 49.4 Å². The van der Waals surface area contributed by atoms with Crippen LogP contribution in [0.2, 0.25) is 0 Å². The molecule has 0 radical (unpaired) electrons. The molecule has 2 amide bonds. The standard InChI is InChI=1S/C23H31N3OS/c1-19(7-8-20-5-3-2-4-6-20)24-23(27)25-22-11-9-21(10-12-22)13-14-26-15-17-28-18-16-26/h2-6,9-12,19H,7-8,13-18H2,1H3,(H2,24,25,27). The van der Waals surface area contributed by atoms with E-state index in [0.717, 1.165) is 31.5 Å². The van der Waals surface area contributed by atoms with E-state index >= 15 is 0 Å². The summed E-state index contributed by atoms with van der Waals surface area (Å²) in [5, 5.41) is 5.96. The van der Waals surface area contributed by atoms with Crippen LogP contribution in [0.4, 0.5) is 10.5 Å². The lowest BCUT2D eigenvalue weighted by molar-refractivity contribution is 0.248. The average molecular weight is 398 g/mol. The topological polar surface area (TPSA) is 44.4 Å². The number of aryl methyl sites for hydroxylation is 1. The number of carbonyl (C=O) groups is 1. The summed E-state index contributed by atoms with van der Waals surface area (Å²) in [7, 11) is 0. The molecule has 5 heteroatoms. The number of hydrogen-bond donors (Lipinski definition) is 2. The highest BCUT2D eigenvalue weighted by atomic mass is 32.2. The Labute approximate surface area is 173 Å². The molecule has 1 aliphatic rings. The molecule has 1 heterocycles. The van der Waals surface area contributed by atoms with E-state index in [1.165, 1.54) is 35.7 Å². The van der Waals surface area contributed by atoms with Crippen molar-refractivity contribution in [3.05, 3.63) is 65.7 Å². The van der Waals surface area contributed by atoms with Crippen LogP contribution in [0, 0.1) is 0 Å². The second-order valence-corrected chi connectivity index (χ2v) is 8.65. The fraction of sp³-hybridized carbons (Fsp3) is 0.435. The summed E-state index contributed by atoms with van der Waals surface area (Å²) < 4.78 is 0. The molecule has 28 heavy (non-hydrogen) atoms. The van der Waals surface area contributed by atoms with Crippen molar-refractivity contribution in [3.8, 4) is 0 Å².